The smallest absolute Gasteiger partial charge is 0.251 e. The van der Waals surface area contributed by atoms with Crippen molar-refractivity contribution in [3.05, 3.63) is 52.4 Å². The van der Waals surface area contributed by atoms with Crippen molar-refractivity contribution in [1.29, 1.82) is 0 Å². The molecule has 3 N–H and O–H groups in total. The highest BCUT2D eigenvalue weighted by Crippen LogP contribution is 2.20. The van der Waals surface area contributed by atoms with E-state index in [9.17, 15) is 13.2 Å². The molecule has 2 unspecified atom stereocenters. The predicted molar refractivity (Wildman–Crippen MR) is 113 cm³/mol. The standard InChI is InChI=1S/C20H27N3O4S2/c1-14-11-23(12-15(2)27-14)13-16-3-5-17(6-4-16)20(24)22-10-9-18-7-8-19(28-18)29(21,25)26/h3-8,14-15H,9-13H2,1-2H3,(H,22,24)(H2,21,25,26). The van der Waals surface area contributed by atoms with Crippen LogP contribution in [0.3, 0.4) is 0 Å². The summed E-state index contributed by atoms with van der Waals surface area (Å²) in [7, 11) is -3.67. The fourth-order valence-electron chi connectivity index (χ4n) is 3.48. The van der Waals surface area contributed by atoms with Crippen LogP contribution in [0, 0.1) is 0 Å². The average molecular weight is 438 g/mol. The van der Waals surface area contributed by atoms with E-state index in [0.29, 0.717) is 18.5 Å². The molecular formula is C20H27N3O4S2. The van der Waals surface area contributed by atoms with E-state index < -0.39 is 10.0 Å². The van der Waals surface area contributed by atoms with Gasteiger partial charge in [-0.15, -0.1) is 11.3 Å². The normalized spacial score (nSPS) is 20.5. The number of nitrogens with zero attached hydrogens (tertiary/aromatic N) is 1. The molecule has 2 heterocycles. The van der Waals surface area contributed by atoms with Crippen LogP contribution in [0.5, 0.6) is 0 Å². The zero-order valence-electron chi connectivity index (χ0n) is 16.6. The van der Waals surface area contributed by atoms with Gasteiger partial charge in [-0.2, -0.15) is 0 Å². The number of hydrogen-bond acceptors (Lipinski definition) is 6. The van der Waals surface area contributed by atoms with Gasteiger partial charge in [0.05, 0.1) is 12.2 Å². The Balaban J connectivity index is 1.48. The molecule has 3 rings (SSSR count). The van der Waals surface area contributed by atoms with E-state index in [1.54, 1.807) is 6.07 Å². The van der Waals surface area contributed by atoms with Gasteiger partial charge in [0, 0.05) is 36.6 Å². The lowest BCUT2D eigenvalue weighted by atomic mass is 10.1. The van der Waals surface area contributed by atoms with Crippen LogP contribution in [-0.2, 0) is 27.7 Å². The molecule has 0 aliphatic carbocycles. The maximum absolute atomic E-state index is 12.3. The van der Waals surface area contributed by atoms with Crippen molar-refractivity contribution < 1.29 is 17.9 Å². The molecule has 0 spiro atoms. The van der Waals surface area contributed by atoms with Gasteiger partial charge < -0.3 is 10.1 Å². The monoisotopic (exact) mass is 437 g/mol. The maximum Gasteiger partial charge on any atom is 0.251 e. The van der Waals surface area contributed by atoms with Crippen LogP contribution < -0.4 is 10.5 Å². The first-order chi connectivity index (χ1) is 13.7. The molecule has 1 aliphatic rings. The summed E-state index contributed by atoms with van der Waals surface area (Å²) in [6.45, 7) is 7.24. The summed E-state index contributed by atoms with van der Waals surface area (Å²) in [5, 5.41) is 7.98. The van der Waals surface area contributed by atoms with Gasteiger partial charge in [-0.3, -0.25) is 9.69 Å². The van der Waals surface area contributed by atoms with Crippen LogP contribution >= 0.6 is 11.3 Å². The van der Waals surface area contributed by atoms with Crippen molar-refractivity contribution >= 4 is 27.3 Å². The zero-order chi connectivity index (χ0) is 21.0. The van der Waals surface area contributed by atoms with Crippen molar-refractivity contribution in [2.45, 2.75) is 43.2 Å². The van der Waals surface area contributed by atoms with E-state index in [1.807, 2.05) is 24.3 Å². The second-order valence-electron chi connectivity index (χ2n) is 7.42. The number of amides is 1. The van der Waals surface area contributed by atoms with Gasteiger partial charge in [0.2, 0.25) is 10.0 Å². The van der Waals surface area contributed by atoms with Crippen molar-refractivity contribution in [3.8, 4) is 0 Å². The molecule has 0 radical (unpaired) electrons. The molecule has 2 atom stereocenters. The Labute approximate surface area is 175 Å². The summed E-state index contributed by atoms with van der Waals surface area (Å²) in [4.78, 5) is 15.6. The lowest BCUT2D eigenvalue weighted by Crippen LogP contribution is -2.44. The summed E-state index contributed by atoms with van der Waals surface area (Å²) >= 11 is 1.13. The minimum Gasteiger partial charge on any atom is -0.373 e. The third kappa shape index (κ3) is 6.35. The number of nitrogens with two attached hydrogens (primary N) is 1. The number of nitrogens with one attached hydrogen (secondary N) is 1. The number of rotatable bonds is 7. The summed E-state index contributed by atoms with van der Waals surface area (Å²) in [6, 6.07) is 10.9. The van der Waals surface area contributed by atoms with Crippen molar-refractivity contribution in [1.82, 2.24) is 10.2 Å². The van der Waals surface area contributed by atoms with Crippen LogP contribution in [0.25, 0.3) is 0 Å². The van der Waals surface area contributed by atoms with Crippen molar-refractivity contribution in [2.24, 2.45) is 5.14 Å². The predicted octanol–water partition coefficient (Wildman–Crippen LogP) is 1.98. The van der Waals surface area contributed by atoms with E-state index in [-0.39, 0.29) is 22.3 Å². The maximum atomic E-state index is 12.3. The molecule has 9 heteroatoms. The summed E-state index contributed by atoms with van der Waals surface area (Å²) in [5.74, 6) is -0.145. The molecule has 0 saturated carbocycles. The van der Waals surface area contributed by atoms with Crippen LogP contribution in [0.15, 0.2) is 40.6 Å². The Morgan fingerprint density at radius 2 is 1.83 bits per heavy atom. The highest BCUT2D eigenvalue weighted by molar-refractivity contribution is 7.91. The van der Waals surface area contributed by atoms with Crippen molar-refractivity contribution in [3.63, 3.8) is 0 Å². The third-order valence-electron chi connectivity index (χ3n) is 4.69. The first kappa shape index (κ1) is 21.9. The van der Waals surface area contributed by atoms with E-state index in [4.69, 9.17) is 9.88 Å². The number of thiophene rings is 1. The van der Waals surface area contributed by atoms with Gasteiger partial charge in [-0.25, -0.2) is 13.6 Å². The number of hydrogen-bond donors (Lipinski definition) is 2. The van der Waals surface area contributed by atoms with E-state index in [0.717, 1.165) is 41.4 Å². The lowest BCUT2D eigenvalue weighted by Gasteiger charge is -2.35. The Morgan fingerprint density at radius 1 is 1.17 bits per heavy atom. The number of benzene rings is 1. The number of primary sulfonamides is 1. The number of sulfonamides is 1. The largest absolute Gasteiger partial charge is 0.373 e. The Kier molecular flexibility index (Phi) is 7.07. The number of carbonyl (C=O) groups is 1. The quantitative estimate of drug-likeness (QED) is 0.690. The highest BCUT2D eigenvalue weighted by Gasteiger charge is 2.22. The van der Waals surface area contributed by atoms with Gasteiger partial charge in [0.15, 0.2) is 0 Å². The van der Waals surface area contributed by atoms with Crippen molar-refractivity contribution in [2.75, 3.05) is 19.6 Å². The van der Waals surface area contributed by atoms with E-state index in [1.165, 1.54) is 6.07 Å². The Bertz CT molecular complexity index is 931. The van der Waals surface area contributed by atoms with Gasteiger partial charge in [0.1, 0.15) is 4.21 Å². The van der Waals surface area contributed by atoms with E-state index in [2.05, 4.69) is 24.1 Å². The summed E-state index contributed by atoms with van der Waals surface area (Å²) < 4.78 is 28.5. The van der Waals surface area contributed by atoms with Crippen LogP contribution in [0.1, 0.15) is 34.6 Å². The third-order valence-corrected chi connectivity index (χ3v) is 7.28. The van der Waals surface area contributed by atoms with E-state index >= 15 is 0 Å². The minimum atomic E-state index is -3.67. The second-order valence-corrected chi connectivity index (χ2v) is 10.4. The van der Waals surface area contributed by atoms with Gasteiger partial charge in [-0.05, 0) is 50.1 Å². The fraction of sp³-hybridized carbons (Fsp3) is 0.450. The molecule has 1 aromatic heterocycles. The first-order valence-electron chi connectivity index (χ1n) is 9.57. The molecule has 2 aromatic rings. The molecular weight excluding hydrogens is 410 g/mol. The average Bonchev–Trinajstić information content (AvgIpc) is 3.11. The zero-order valence-corrected chi connectivity index (χ0v) is 18.3. The highest BCUT2D eigenvalue weighted by atomic mass is 32.2. The molecule has 7 nitrogen and oxygen atoms in total. The molecule has 1 saturated heterocycles. The van der Waals surface area contributed by atoms with Gasteiger partial charge in [0.25, 0.3) is 5.91 Å². The van der Waals surface area contributed by atoms with Gasteiger partial charge in [-0.1, -0.05) is 12.1 Å². The molecule has 1 fully saturated rings. The van der Waals surface area contributed by atoms with Crippen LogP contribution in [-0.4, -0.2) is 51.1 Å². The van der Waals surface area contributed by atoms with Crippen LogP contribution in [0.4, 0.5) is 0 Å². The SMILES string of the molecule is CC1CN(Cc2ccc(C(=O)NCCc3ccc(S(N)(=O)=O)s3)cc2)CC(C)O1. The number of morpholine rings is 1. The molecule has 29 heavy (non-hydrogen) atoms. The number of ether oxygens (including phenoxy) is 1. The topological polar surface area (TPSA) is 102 Å². The second kappa shape index (κ2) is 9.36. The molecule has 158 valence electrons. The Morgan fingerprint density at radius 3 is 2.41 bits per heavy atom. The molecule has 1 aromatic carbocycles. The molecule has 0 bridgehead atoms. The molecule has 1 aliphatic heterocycles. The first-order valence-corrected chi connectivity index (χ1v) is 11.9. The summed E-state index contributed by atoms with van der Waals surface area (Å²) in [5.41, 5.74) is 1.77. The Hall–Kier alpha value is -1.78. The molecule has 1 amide bonds. The van der Waals surface area contributed by atoms with Gasteiger partial charge >= 0.3 is 0 Å². The lowest BCUT2D eigenvalue weighted by molar-refractivity contribution is -0.0704. The summed E-state index contributed by atoms with van der Waals surface area (Å²) in [6.07, 6.45) is 1.01. The van der Waals surface area contributed by atoms with Crippen LogP contribution in [0.2, 0.25) is 0 Å². The fourth-order valence-corrected chi connectivity index (χ4v) is 5.26. The number of carbonyl (C=O) groups excluding carboxylic acids is 1. The minimum absolute atomic E-state index is 0.137.